The van der Waals surface area contributed by atoms with Crippen LogP contribution in [0, 0.1) is 17.8 Å². The average molecular weight is 329 g/mol. The van der Waals surface area contributed by atoms with E-state index in [1.165, 1.54) is 0 Å². The van der Waals surface area contributed by atoms with Crippen LogP contribution >= 0.6 is 0 Å². The molecule has 0 spiro atoms. The van der Waals surface area contributed by atoms with E-state index in [1.807, 2.05) is 13.8 Å². The molecule has 0 aromatic heterocycles. The molecule has 0 bridgehead atoms. The Morgan fingerprint density at radius 2 is 1.35 bits per heavy atom. The van der Waals surface area contributed by atoms with Gasteiger partial charge in [0.15, 0.2) is 0 Å². The van der Waals surface area contributed by atoms with Crippen LogP contribution < -0.4 is 16.4 Å². The third-order valence-electron chi connectivity index (χ3n) is 4.04. The van der Waals surface area contributed by atoms with Crippen molar-refractivity contribution in [1.82, 2.24) is 10.6 Å². The van der Waals surface area contributed by atoms with Crippen molar-refractivity contribution < 1.29 is 19.5 Å². The predicted molar refractivity (Wildman–Crippen MR) is 88.6 cm³/mol. The molecule has 0 unspecified atom stereocenters. The molecule has 2 amide bonds. The van der Waals surface area contributed by atoms with E-state index in [9.17, 15) is 14.4 Å². The van der Waals surface area contributed by atoms with Gasteiger partial charge in [-0.2, -0.15) is 0 Å². The summed E-state index contributed by atoms with van der Waals surface area (Å²) in [4.78, 5) is 35.8. The maximum absolute atomic E-state index is 12.4. The molecule has 0 saturated heterocycles. The fourth-order valence-electron chi connectivity index (χ4n) is 2.05. The van der Waals surface area contributed by atoms with Gasteiger partial charge in [-0.05, 0) is 17.8 Å². The quantitative estimate of drug-likeness (QED) is 0.497. The van der Waals surface area contributed by atoms with Crippen LogP contribution in [0.1, 0.15) is 48.0 Å². The second-order valence-electron chi connectivity index (χ2n) is 6.71. The monoisotopic (exact) mass is 329 g/mol. The van der Waals surface area contributed by atoms with Crippen LogP contribution in [0.5, 0.6) is 0 Å². The number of aliphatic carboxylic acids is 1. The topological polar surface area (TPSA) is 122 Å². The van der Waals surface area contributed by atoms with E-state index in [1.54, 1.807) is 27.7 Å². The highest BCUT2D eigenvalue weighted by Crippen LogP contribution is 2.09. The maximum atomic E-state index is 12.4. The number of carbonyl (C=O) groups excluding carboxylic acids is 2. The molecule has 4 atom stereocenters. The third-order valence-corrected chi connectivity index (χ3v) is 4.04. The summed E-state index contributed by atoms with van der Waals surface area (Å²) in [6, 6.07) is -2.52. The van der Waals surface area contributed by atoms with Gasteiger partial charge in [0, 0.05) is 0 Å². The SMILES string of the molecule is CC[C@H](C)[C@H](N)C(=O)N[C@H](C(=O)N[C@@H](C(=O)O)C(C)C)C(C)C. The van der Waals surface area contributed by atoms with Crippen LogP contribution in [0.3, 0.4) is 0 Å². The number of amides is 2. The third kappa shape index (κ3) is 6.56. The van der Waals surface area contributed by atoms with Crippen LogP contribution in [-0.2, 0) is 14.4 Å². The first-order valence-corrected chi connectivity index (χ1v) is 8.11. The Morgan fingerprint density at radius 1 is 0.913 bits per heavy atom. The van der Waals surface area contributed by atoms with E-state index in [2.05, 4.69) is 10.6 Å². The lowest BCUT2D eigenvalue weighted by Gasteiger charge is -2.27. The lowest BCUT2D eigenvalue weighted by Crippen LogP contribution is -2.57. The smallest absolute Gasteiger partial charge is 0.326 e. The normalized spacial score (nSPS) is 16.6. The summed E-state index contributed by atoms with van der Waals surface area (Å²) in [7, 11) is 0. The van der Waals surface area contributed by atoms with Gasteiger partial charge in [-0.25, -0.2) is 4.79 Å². The van der Waals surface area contributed by atoms with Crippen LogP contribution in [0.25, 0.3) is 0 Å². The van der Waals surface area contributed by atoms with Crippen LogP contribution in [0.2, 0.25) is 0 Å². The maximum Gasteiger partial charge on any atom is 0.326 e. The van der Waals surface area contributed by atoms with E-state index in [4.69, 9.17) is 10.8 Å². The number of carbonyl (C=O) groups is 3. The molecule has 23 heavy (non-hydrogen) atoms. The summed E-state index contributed by atoms with van der Waals surface area (Å²) in [6.07, 6.45) is 0.752. The van der Waals surface area contributed by atoms with Crippen LogP contribution in [0.15, 0.2) is 0 Å². The Balaban J connectivity index is 5.01. The van der Waals surface area contributed by atoms with Gasteiger partial charge in [0.05, 0.1) is 6.04 Å². The summed E-state index contributed by atoms with van der Waals surface area (Å²) >= 11 is 0. The first-order valence-electron chi connectivity index (χ1n) is 8.11. The number of hydrogen-bond acceptors (Lipinski definition) is 4. The average Bonchev–Trinajstić information content (AvgIpc) is 2.46. The summed E-state index contributed by atoms with van der Waals surface area (Å²) in [6.45, 7) is 10.8. The van der Waals surface area contributed by atoms with E-state index in [-0.39, 0.29) is 17.8 Å². The molecule has 7 nitrogen and oxygen atoms in total. The van der Waals surface area contributed by atoms with Crippen molar-refractivity contribution in [3.05, 3.63) is 0 Å². The Bertz CT molecular complexity index is 424. The highest BCUT2D eigenvalue weighted by atomic mass is 16.4. The highest BCUT2D eigenvalue weighted by Gasteiger charge is 2.31. The molecule has 5 N–H and O–H groups in total. The summed E-state index contributed by atoms with van der Waals surface area (Å²) < 4.78 is 0. The van der Waals surface area contributed by atoms with E-state index >= 15 is 0 Å². The molecule has 0 aromatic rings. The Kier molecular flexibility index (Phi) is 8.82. The molecule has 0 aromatic carbocycles. The molecule has 0 heterocycles. The van der Waals surface area contributed by atoms with E-state index in [0.29, 0.717) is 0 Å². The van der Waals surface area contributed by atoms with Crippen molar-refractivity contribution in [2.75, 3.05) is 0 Å². The lowest BCUT2D eigenvalue weighted by molar-refractivity contribution is -0.143. The summed E-state index contributed by atoms with van der Waals surface area (Å²) in [5.74, 6) is -2.46. The van der Waals surface area contributed by atoms with Crippen LogP contribution in [0.4, 0.5) is 0 Å². The van der Waals surface area contributed by atoms with Gasteiger partial charge in [0.2, 0.25) is 11.8 Å². The highest BCUT2D eigenvalue weighted by molar-refractivity contribution is 5.92. The first-order chi connectivity index (χ1) is 10.5. The van der Waals surface area contributed by atoms with E-state index in [0.717, 1.165) is 6.42 Å². The van der Waals surface area contributed by atoms with Crippen molar-refractivity contribution >= 4 is 17.8 Å². The van der Waals surface area contributed by atoms with Gasteiger partial charge >= 0.3 is 5.97 Å². The standard InChI is InChI=1S/C16H31N3O4/c1-7-10(6)11(17)14(20)18-12(8(2)3)15(21)19-13(9(4)5)16(22)23/h8-13H,7,17H2,1-6H3,(H,18,20)(H,19,21)(H,22,23)/t10-,11-,12-,13+/m0/s1. The number of carboxylic acid groups (broad SMARTS) is 1. The predicted octanol–water partition coefficient (Wildman–Crippen LogP) is 0.726. The number of rotatable bonds is 9. The minimum atomic E-state index is -1.10. The van der Waals surface area contributed by atoms with Gasteiger partial charge in [-0.1, -0.05) is 48.0 Å². The zero-order valence-corrected chi connectivity index (χ0v) is 14.9. The molecule has 0 aliphatic heterocycles. The molecule has 0 radical (unpaired) electrons. The second-order valence-corrected chi connectivity index (χ2v) is 6.71. The molecular weight excluding hydrogens is 298 g/mol. The molecule has 7 heteroatoms. The molecular formula is C16H31N3O4. The molecule has 134 valence electrons. The molecule has 0 aliphatic rings. The Hall–Kier alpha value is -1.63. The minimum Gasteiger partial charge on any atom is -0.480 e. The zero-order valence-electron chi connectivity index (χ0n) is 14.9. The van der Waals surface area contributed by atoms with Crippen molar-refractivity contribution in [3.63, 3.8) is 0 Å². The number of nitrogens with one attached hydrogen (secondary N) is 2. The van der Waals surface area contributed by atoms with Gasteiger partial charge in [-0.15, -0.1) is 0 Å². The Labute approximate surface area is 138 Å². The Morgan fingerprint density at radius 3 is 1.70 bits per heavy atom. The lowest BCUT2D eigenvalue weighted by atomic mass is 9.97. The van der Waals surface area contributed by atoms with Gasteiger partial charge < -0.3 is 21.5 Å². The fourth-order valence-corrected chi connectivity index (χ4v) is 2.05. The van der Waals surface area contributed by atoms with Crippen molar-refractivity contribution in [3.8, 4) is 0 Å². The number of carboxylic acids is 1. The zero-order chi connectivity index (χ0) is 18.3. The van der Waals surface area contributed by atoms with E-state index < -0.39 is 35.9 Å². The van der Waals surface area contributed by atoms with Crippen molar-refractivity contribution in [2.24, 2.45) is 23.5 Å². The first kappa shape index (κ1) is 21.4. The van der Waals surface area contributed by atoms with Crippen molar-refractivity contribution in [1.29, 1.82) is 0 Å². The molecule has 0 saturated carbocycles. The molecule has 0 fully saturated rings. The van der Waals surface area contributed by atoms with Gasteiger partial charge in [0.1, 0.15) is 12.1 Å². The summed E-state index contributed by atoms with van der Waals surface area (Å²) in [5.41, 5.74) is 5.88. The second kappa shape index (κ2) is 9.50. The number of nitrogens with two attached hydrogens (primary N) is 1. The summed E-state index contributed by atoms with van der Waals surface area (Å²) in [5, 5.41) is 14.3. The van der Waals surface area contributed by atoms with Crippen LogP contribution in [-0.4, -0.2) is 41.0 Å². The molecule has 0 rings (SSSR count). The fraction of sp³-hybridized carbons (Fsp3) is 0.812. The molecule has 0 aliphatic carbocycles. The number of hydrogen-bond donors (Lipinski definition) is 4. The largest absolute Gasteiger partial charge is 0.480 e. The van der Waals surface area contributed by atoms with Crippen molar-refractivity contribution in [2.45, 2.75) is 66.1 Å². The van der Waals surface area contributed by atoms with Gasteiger partial charge in [0.25, 0.3) is 0 Å². The minimum absolute atomic E-state index is 0.00620. The van der Waals surface area contributed by atoms with Gasteiger partial charge in [-0.3, -0.25) is 9.59 Å².